The number of aliphatic hydroxyl groups excluding tert-OH is 1. The molecule has 41 heteroatoms. The number of benzene rings is 1. The van der Waals surface area contributed by atoms with E-state index < -0.39 is 199 Å². The number of aliphatic hydroxyl groups is 1. The number of aromatic nitrogens is 2. The van der Waals surface area contributed by atoms with E-state index in [4.69, 9.17) is 34.4 Å². The maximum Gasteiger partial charge on any atom is 0.303 e. The van der Waals surface area contributed by atoms with Crippen LogP contribution in [0.15, 0.2) is 46.8 Å². The van der Waals surface area contributed by atoms with Crippen molar-refractivity contribution in [3.05, 3.63) is 48.0 Å². The van der Waals surface area contributed by atoms with Gasteiger partial charge in [-0.2, -0.15) is 0 Å². The summed E-state index contributed by atoms with van der Waals surface area (Å²) in [6.07, 6.45) is -0.730. The minimum absolute atomic E-state index is 0.0128. The van der Waals surface area contributed by atoms with Gasteiger partial charge in [0.05, 0.1) is 19.0 Å². The molecule has 1 fully saturated rings. The summed E-state index contributed by atoms with van der Waals surface area (Å²) in [4.78, 5) is 220. The topological polar surface area (TPSA) is 682 Å². The zero-order chi connectivity index (χ0) is 80.9. The van der Waals surface area contributed by atoms with E-state index in [2.05, 4.69) is 78.4 Å². The third kappa shape index (κ3) is 33.5. The number of carbonyl (C=O) groups is 15. The Hall–Kier alpha value is -11.3. The molecule has 3 rings (SSSR count). The van der Waals surface area contributed by atoms with E-state index in [1.54, 1.807) is 0 Å². The summed E-state index contributed by atoms with van der Waals surface area (Å²) in [5.74, 6) is -16.4. The van der Waals surface area contributed by atoms with Crippen molar-refractivity contribution in [2.45, 2.75) is 217 Å². The largest absolute Gasteiger partial charge is 0.508 e. The molecule has 0 saturated carbocycles. The number of guanidine groups is 2. The van der Waals surface area contributed by atoms with Gasteiger partial charge in [0, 0.05) is 64.1 Å². The highest BCUT2D eigenvalue weighted by Gasteiger charge is 2.41. The number of hydrogen-bond acceptors (Lipinski definition) is 21. The average molecular weight is 1530 g/mol. The van der Waals surface area contributed by atoms with Crippen molar-refractivity contribution in [3.63, 3.8) is 0 Å². The molecule has 1 aliphatic rings. The number of rotatable bonds is 49. The molecule has 0 radical (unpaired) electrons. The number of amides is 13. The normalized spacial score (nSPS) is 15.5. The quantitative estimate of drug-likeness (QED) is 0.0166. The number of primary amides is 1. The number of nitrogens with zero attached hydrogens (tertiary/aromatic N) is 4. The van der Waals surface area contributed by atoms with E-state index >= 15 is 0 Å². The van der Waals surface area contributed by atoms with E-state index in [-0.39, 0.29) is 120 Å². The Balaban J connectivity index is 1.89. The first-order chi connectivity index (χ1) is 50.9. The van der Waals surface area contributed by atoms with Gasteiger partial charge in [0.25, 0.3) is 0 Å². The van der Waals surface area contributed by atoms with Gasteiger partial charge in [-0.15, -0.1) is 0 Å². The first-order valence-corrected chi connectivity index (χ1v) is 35.5. The number of carbonyl (C=O) groups excluding carboxylic acids is 13. The highest BCUT2D eigenvalue weighted by Crippen LogP contribution is 2.22. The summed E-state index contributed by atoms with van der Waals surface area (Å²) in [6, 6.07) is -10.8. The van der Waals surface area contributed by atoms with Crippen LogP contribution in [0.3, 0.4) is 0 Å². The number of unbranched alkanes of at least 4 members (excludes halogenated alkanes) is 1. The molecule has 13 amide bonds. The molecule has 108 heavy (non-hydrogen) atoms. The van der Waals surface area contributed by atoms with Crippen molar-refractivity contribution in [2.24, 2.45) is 56.2 Å². The van der Waals surface area contributed by atoms with Gasteiger partial charge in [0.15, 0.2) is 11.9 Å². The number of carboxylic acids is 2. The third-order valence-electron chi connectivity index (χ3n) is 16.9. The molecule has 2 aromatic rings. The molecule has 0 spiro atoms. The number of nitrogens with two attached hydrogens (primary N) is 6. The number of aliphatic carboxylic acids is 2. The standard InChI is InChI=1S/C67H108N22O19/c1-34(2)28-46(55(69)98)84-59(102)42(12-7-8-24-68)81-58(101)43(14-10-26-76-67(72)73)83-62(105)49-15-11-27-89(49)65(108)45(21-23-52(96)97)80-50(93)32-77-56(99)47(29-38-16-18-40(92)19-17-38)86-63(106)53(35(3)4)87-64(107)54(36(5)90)88-61(104)48(30-39-31-74-33-78-39)85-60(103)44(20-22-51(94)95)82-57(100)41(79-37(6)91)13-9-25-75-66(70)71/h16-19,31,33-36,41-49,53-54,90,92H,7-15,20-30,32,68H2,1-6H3,(H2,69,98)(H,74,78)(H,77,99)(H,79,91)(H,80,93)(H,81,101)(H,82,100)(H,83,105)(H,84,102)(H,85,103)(H,86,106)(H,87,107)(H,88,104)(H,94,95)(H,96,97)(H4,70,71,75)(H4,72,73,76)/t36-,41+,42+,43+,44+,45+,46+,47+,48+,49+,53+,54+/m1/s1. The van der Waals surface area contributed by atoms with Gasteiger partial charge in [-0.25, -0.2) is 4.98 Å². The van der Waals surface area contributed by atoms with Crippen LogP contribution in [0.1, 0.15) is 143 Å². The number of H-pyrrole nitrogens is 1. The number of aromatic amines is 1. The first kappa shape index (κ1) is 91.0. The highest BCUT2D eigenvalue weighted by molar-refractivity contribution is 6.00. The van der Waals surface area contributed by atoms with Crippen molar-refractivity contribution in [1.82, 2.24) is 73.4 Å². The molecule has 1 aromatic carbocycles. The molecule has 0 aliphatic carbocycles. The maximum atomic E-state index is 14.5. The number of hydrogen-bond donors (Lipinski definition) is 22. The number of imidazole rings is 1. The fraction of sp³-hybridized carbons (Fsp3) is 0.612. The molecule has 1 aliphatic heterocycles. The van der Waals surface area contributed by atoms with E-state index in [1.165, 1.54) is 50.6 Å². The lowest BCUT2D eigenvalue weighted by molar-refractivity contribution is -0.143. The number of phenolic OH excluding ortho intramolecular Hbond substituents is 1. The Kier molecular flexibility index (Phi) is 39.3. The molecule has 28 N–H and O–H groups in total. The molecule has 0 bridgehead atoms. The molecule has 1 aromatic heterocycles. The molecule has 12 atom stereocenters. The number of aromatic hydroxyl groups is 1. The summed E-state index contributed by atoms with van der Waals surface area (Å²) in [5, 5.41) is 67.9. The van der Waals surface area contributed by atoms with Crippen LogP contribution in [-0.2, 0) is 84.8 Å². The van der Waals surface area contributed by atoms with Gasteiger partial charge in [0.2, 0.25) is 76.8 Å². The van der Waals surface area contributed by atoms with Crippen LogP contribution in [0.5, 0.6) is 5.75 Å². The van der Waals surface area contributed by atoms with Crippen LogP contribution in [0.25, 0.3) is 0 Å². The smallest absolute Gasteiger partial charge is 0.303 e. The van der Waals surface area contributed by atoms with Gasteiger partial charge in [-0.1, -0.05) is 39.8 Å². The van der Waals surface area contributed by atoms with Crippen LogP contribution in [0.4, 0.5) is 0 Å². The second-order valence-electron chi connectivity index (χ2n) is 26.8. The molecule has 600 valence electrons. The van der Waals surface area contributed by atoms with Crippen molar-refractivity contribution < 1.29 is 92.3 Å². The molecular weight excluding hydrogens is 1420 g/mol. The average Bonchev–Trinajstić information content (AvgIpc) is 1.59. The van der Waals surface area contributed by atoms with Crippen LogP contribution < -0.4 is 92.9 Å². The minimum atomic E-state index is -1.90. The second kappa shape index (κ2) is 46.6. The van der Waals surface area contributed by atoms with Crippen molar-refractivity contribution in [2.75, 3.05) is 32.7 Å². The predicted octanol–water partition coefficient (Wildman–Crippen LogP) is -6.59. The number of nitrogens with one attached hydrogen (secondary N) is 12. The lowest BCUT2D eigenvalue weighted by atomic mass is 10.00. The number of likely N-dealkylation sites (tertiary alicyclic amines) is 1. The maximum absolute atomic E-state index is 14.5. The first-order valence-electron chi connectivity index (χ1n) is 35.5. The van der Waals surface area contributed by atoms with Crippen molar-refractivity contribution in [1.29, 1.82) is 0 Å². The fourth-order valence-corrected chi connectivity index (χ4v) is 11.3. The van der Waals surface area contributed by atoms with E-state index in [0.29, 0.717) is 18.4 Å². The third-order valence-corrected chi connectivity index (χ3v) is 16.9. The molecule has 1 saturated heterocycles. The number of aliphatic imine (C=N–C) groups is 2. The summed E-state index contributed by atoms with van der Waals surface area (Å²) < 4.78 is 0. The van der Waals surface area contributed by atoms with Gasteiger partial charge in [-0.05, 0) is 120 Å². The second-order valence-corrected chi connectivity index (χ2v) is 26.8. The summed E-state index contributed by atoms with van der Waals surface area (Å²) >= 11 is 0. The Morgan fingerprint density at radius 2 is 1.05 bits per heavy atom. The Labute approximate surface area is 623 Å². The Bertz CT molecular complexity index is 3440. The van der Waals surface area contributed by atoms with Gasteiger partial charge in [0.1, 0.15) is 72.2 Å². The summed E-state index contributed by atoms with van der Waals surface area (Å²) in [6.45, 7) is 8.24. The van der Waals surface area contributed by atoms with Gasteiger partial charge >= 0.3 is 11.9 Å². The molecule has 41 nitrogen and oxygen atoms in total. The Morgan fingerprint density at radius 3 is 1.55 bits per heavy atom. The zero-order valence-electron chi connectivity index (χ0n) is 61.6. The molecular formula is C67H108N22O19. The SMILES string of the molecule is CC(=O)N[C@@H](CCCN=C(N)N)C(=O)N[C@@H](CCC(=O)O)C(=O)N[C@@H](Cc1cnc[nH]1)C(=O)N[C@H](C(=O)N[C@H](C(=O)N[C@@H](Cc1ccc(O)cc1)C(=O)NCC(=O)N[C@@H](CCC(=O)O)C(=O)N1CCC[C@H]1C(=O)N[C@@H](CCCN=C(N)N)C(=O)N[C@@H](CCCCN)C(=O)N[C@@H](CC(C)C)C(N)=O)C(C)C)[C@@H](C)O. The van der Waals surface area contributed by atoms with E-state index in [1.807, 2.05) is 13.8 Å². The van der Waals surface area contributed by atoms with Crippen LogP contribution in [0, 0.1) is 11.8 Å². The Morgan fingerprint density at radius 1 is 0.565 bits per heavy atom. The molecule has 0 unspecified atom stereocenters. The lowest BCUT2D eigenvalue weighted by Gasteiger charge is -2.30. The van der Waals surface area contributed by atoms with Crippen LogP contribution >= 0.6 is 0 Å². The van der Waals surface area contributed by atoms with Crippen molar-refractivity contribution >= 4 is 101 Å². The predicted molar refractivity (Wildman–Crippen MR) is 388 cm³/mol. The minimum Gasteiger partial charge on any atom is -0.508 e. The summed E-state index contributed by atoms with van der Waals surface area (Å²) in [5.41, 5.74) is 33.7. The number of phenols is 1. The zero-order valence-corrected chi connectivity index (χ0v) is 61.6. The van der Waals surface area contributed by atoms with Gasteiger partial charge < -0.3 is 123 Å². The van der Waals surface area contributed by atoms with E-state index in [0.717, 1.165) is 18.7 Å². The van der Waals surface area contributed by atoms with E-state index in [9.17, 15) is 92.3 Å². The highest BCUT2D eigenvalue weighted by atomic mass is 16.4. The number of carboxylic acid groups (broad SMARTS) is 2. The fourth-order valence-electron chi connectivity index (χ4n) is 11.3. The van der Waals surface area contributed by atoms with Gasteiger partial charge in [-0.3, -0.25) is 81.9 Å². The lowest BCUT2D eigenvalue weighted by Crippen LogP contribution is -2.62. The molecule has 2 heterocycles. The summed E-state index contributed by atoms with van der Waals surface area (Å²) in [7, 11) is 0. The van der Waals surface area contributed by atoms with Crippen LogP contribution in [-0.4, -0.2) is 241 Å². The monoisotopic (exact) mass is 1520 g/mol. The van der Waals surface area contributed by atoms with Crippen LogP contribution in [0.2, 0.25) is 0 Å². The van der Waals surface area contributed by atoms with Crippen molar-refractivity contribution in [3.8, 4) is 5.75 Å².